The molecule has 0 aromatic heterocycles. The van der Waals surface area contributed by atoms with Crippen molar-refractivity contribution in [3.8, 4) is 11.5 Å². The van der Waals surface area contributed by atoms with E-state index in [2.05, 4.69) is 58.7 Å². The smallest absolute Gasteiger partial charge is 0.410 e. The number of ketones is 1. The van der Waals surface area contributed by atoms with E-state index >= 15 is 0 Å². The summed E-state index contributed by atoms with van der Waals surface area (Å²) in [5.41, 5.74) is 4.51. The van der Waals surface area contributed by atoms with Gasteiger partial charge in [-0.25, -0.2) is 4.79 Å². The standard InChI is InChI=1S/C26H33ClN2O3.C16H16ClNO.C6H10O/c1-26(2,3)32-25(30)28-14-12-22(13-15-28)29-17-20-6-4-5-7-24(20)31-18-23(29)16-19-8-10-21(27)11-9-19;17-14-7-5-12(6-8-14)9-15-11-19-16-4-2-1-3-13(16)10-18-15;7-6-4-2-1-3-5-6/h4-11,22-23H,12-18H2,1-3H3;1-8,15,18H,9-11H2;1-5H2/t23-;15-;/m00./s1. The number of carbonyl (C=O) groups is 2. The predicted molar refractivity (Wildman–Crippen MR) is 233 cm³/mol. The highest BCUT2D eigenvalue weighted by Gasteiger charge is 2.35. The summed E-state index contributed by atoms with van der Waals surface area (Å²) in [4.78, 5) is 27.4. The van der Waals surface area contributed by atoms with Crippen LogP contribution in [0.5, 0.6) is 11.5 Å². The van der Waals surface area contributed by atoms with Crippen LogP contribution in [0.4, 0.5) is 4.79 Å². The highest BCUT2D eigenvalue weighted by Crippen LogP contribution is 2.31. The van der Waals surface area contributed by atoms with E-state index in [0.29, 0.717) is 44.2 Å². The first-order chi connectivity index (χ1) is 28.0. The van der Waals surface area contributed by atoms with E-state index in [4.69, 9.17) is 37.4 Å². The zero-order chi connectivity index (χ0) is 40.9. The molecule has 0 unspecified atom stereocenters. The first kappa shape index (κ1) is 43.5. The van der Waals surface area contributed by atoms with Crippen molar-refractivity contribution in [1.29, 1.82) is 0 Å². The molecule has 10 heteroatoms. The van der Waals surface area contributed by atoms with Crippen LogP contribution in [0.25, 0.3) is 0 Å². The van der Waals surface area contributed by atoms with E-state index in [1.54, 1.807) is 0 Å². The number of Topliss-reactive ketones (excluding diaryl/α,β-unsaturated/α-hetero) is 1. The average Bonchev–Trinajstić information content (AvgIpc) is 3.54. The van der Waals surface area contributed by atoms with Crippen LogP contribution in [-0.2, 0) is 35.5 Å². The number of carbonyl (C=O) groups excluding carboxylic acids is 2. The third-order valence-corrected chi connectivity index (χ3v) is 11.5. The lowest BCUT2D eigenvalue weighted by molar-refractivity contribution is -0.120. The average molecular weight is 829 g/mol. The van der Waals surface area contributed by atoms with Gasteiger partial charge in [-0.05, 0) is 107 Å². The molecule has 2 fully saturated rings. The maximum absolute atomic E-state index is 12.5. The maximum atomic E-state index is 12.5. The molecular formula is C48H59Cl2N3O5. The van der Waals surface area contributed by atoms with Crippen molar-refractivity contribution in [1.82, 2.24) is 15.1 Å². The quantitative estimate of drug-likeness (QED) is 0.215. The van der Waals surface area contributed by atoms with Crippen LogP contribution in [0.1, 0.15) is 88.0 Å². The van der Waals surface area contributed by atoms with Gasteiger partial charge >= 0.3 is 6.09 Å². The maximum Gasteiger partial charge on any atom is 0.410 e. The first-order valence-corrected chi connectivity index (χ1v) is 21.6. The van der Waals surface area contributed by atoms with Gasteiger partial charge in [-0.3, -0.25) is 9.69 Å². The summed E-state index contributed by atoms with van der Waals surface area (Å²) in [6.45, 7) is 10.2. The number of para-hydroxylation sites is 2. The Balaban J connectivity index is 0.000000182. The van der Waals surface area contributed by atoms with Crippen molar-refractivity contribution in [2.24, 2.45) is 0 Å². The molecule has 1 amide bonds. The third kappa shape index (κ3) is 13.5. The molecule has 8 nitrogen and oxygen atoms in total. The second kappa shape index (κ2) is 21.3. The van der Waals surface area contributed by atoms with E-state index in [9.17, 15) is 9.59 Å². The number of hydrogen-bond acceptors (Lipinski definition) is 7. The van der Waals surface area contributed by atoms with Crippen molar-refractivity contribution in [3.63, 3.8) is 0 Å². The molecule has 58 heavy (non-hydrogen) atoms. The fraction of sp³-hybridized carbons (Fsp3) is 0.458. The number of fused-ring (bicyclic) bond motifs is 2. The number of piperidine rings is 1. The van der Waals surface area contributed by atoms with Gasteiger partial charge in [-0.1, -0.05) is 90.3 Å². The molecule has 4 aromatic rings. The van der Waals surface area contributed by atoms with E-state index in [0.717, 1.165) is 86.0 Å². The summed E-state index contributed by atoms with van der Waals surface area (Å²) in [6.07, 6.45) is 8.74. The number of nitrogens with one attached hydrogen (secondary N) is 1. The van der Waals surface area contributed by atoms with Crippen molar-refractivity contribution < 1.29 is 23.8 Å². The van der Waals surface area contributed by atoms with Crippen LogP contribution in [-0.4, -0.2) is 71.7 Å². The van der Waals surface area contributed by atoms with Crippen LogP contribution in [0, 0.1) is 0 Å². The van der Waals surface area contributed by atoms with Gasteiger partial charge in [0.1, 0.15) is 36.1 Å². The topological polar surface area (TPSA) is 80.3 Å². The molecule has 3 aliphatic heterocycles. The van der Waals surface area contributed by atoms with Crippen LogP contribution in [0.3, 0.4) is 0 Å². The number of hydrogen-bond donors (Lipinski definition) is 1. The van der Waals surface area contributed by atoms with E-state index < -0.39 is 5.60 Å². The second-order valence-electron chi connectivity index (χ2n) is 16.7. The van der Waals surface area contributed by atoms with E-state index in [1.165, 1.54) is 28.7 Å². The Morgan fingerprint density at radius 2 is 1.29 bits per heavy atom. The molecular weight excluding hydrogens is 769 g/mol. The van der Waals surface area contributed by atoms with Gasteiger partial charge in [-0.15, -0.1) is 0 Å². The van der Waals surface area contributed by atoms with Gasteiger partial charge in [-0.2, -0.15) is 0 Å². The monoisotopic (exact) mass is 827 g/mol. The number of rotatable bonds is 5. The number of ether oxygens (including phenoxy) is 3. The third-order valence-electron chi connectivity index (χ3n) is 11.0. The van der Waals surface area contributed by atoms with Crippen molar-refractivity contribution >= 4 is 35.1 Å². The Labute approximate surface area is 355 Å². The summed E-state index contributed by atoms with van der Waals surface area (Å²) in [6, 6.07) is 33.6. The zero-order valence-corrected chi connectivity index (χ0v) is 35.8. The molecule has 0 bridgehead atoms. The summed E-state index contributed by atoms with van der Waals surface area (Å²) >= 11 is 12.0. The number of halogens is 2. The van der Waals surface area contributed by atoms with Gasteiger partial charge in [0.05, 0.1) is 0 Å². The summed E-state index contributed by atoms with van der Waals surface area (Å²) in [5, 5.41) is 5.08. The van der Waals surface area contributed by atoms with Gasteiger partial charge in [0.15, 0.2) is 0 Å². The molecule has 0 spiro atoms. The first-order valence-electron chi connectivity index (χ1n) is 20.9. The van der Waals surface area contributed by atoms with Crippen molar-refractivity contribution in [2.45, 2.75) is 115 Å². The lowest BCUT2D eigenvalue weighted by Crippen LogP contribution is -2.51. The number of nitrogens with zero attached hydrogens (tertiary/aromatic N) is 2. The lowest BCUT2D eigenvalue weighted by Gasteiger charge is -2.41. The summed E-state index contributed by atoms with van der Waals surface area (Å²) in [5.74, 6) is 2.43. The number of likely N-dealkylation sites (tertiary alicyclic amines) is 1. The van der Waals surface area contributed by atoms with Crippen LogP contribution < -0.4 is 14.8 Å². The predicted octanol–water partition coefficient (Wildman–Crippen LogP) is 10.5. The molecule has 310 valence electrons. The lowest BCUT2D eigenvalue weighted by atomic mass is 9.97. The van der Waals surface area contributed by atoms with Crippen molar-refractivity contribution in [2.75, 3.05) is 26.3 Å². The number of benzene rings is 4. The fourth-order valence-electron chi connectivity index (χ4n) is 7.86. The van der Waals surface area contributed by atoms with E-state index in [1.807, 2.05) is 74.2 Å². The minimum Gasteiger partial charge on any atom is -0.492 e. The molecule has 1 N–H and O–H groups in total. The molecule has 2 atom stereocenters. The minimum atomic E-state index is -0.469. The van der Waals surface area contributed by atoms with E-state index in [-0.39, 0.29) is 12.1 Å². The number of amides is 1. The molecule has 4 aromatic carbocycles. The molecule has 4 aliphatic rings. The molecule has 1 aliphatic carbocycles. The molecule has 8 rings (SSSR count). The Kier molecular flexibility index (Phi) is 15.9. The highest BCUT2D eigenvalue weighted by molar-refractivity contribution is 6.30. The Bertz CT molecular complexity index is 1870. The zero-order valence-electron chi connectivity index (χ0n) is 34.3. The van der Waals surface area contributed by atoms with Gasteiger partial charge < -0.3 is 24.4 Å². The normalized spacial score (nSPS) is 19.9. The van der Waals surface area contributed by atoms with Gasteiger partial charge in [0, 0.05) is 78.3 Å². The van der Waals surface area contributed by atoms with Gasteiger partial charge in [0.2, 0.25) is 0 Å². The van der Waals surface area contributed by atoms with Crippen LogP contribution in [0.2, 0.25) is 10.0 Å². The van der Waals surface area contributed by atoms with Crippen LogP contribution >= 0.6 is 23.2 Å². The molecule has 0 radical (unpaired) electrons. The second-order valence-corrected chi connectivity index (χ2v) is 17.6. The van der Waals surface area contributed by atoms with Gasteiger partial charge in [0.25, 0.3) is 0 Å². The minimum absolute atomic E-state index is 0.210. The molecule has 3 heterocycles. The largest absolute Gasteiger partial charge is 0.492 e. The summed E-state index contributed by atoms with van der Waals surface area (Å²) < 4.78 is 17.7. The Hall–Kier alpha value is -4.08. The fourth-order valence-corrected chi connectivity index (χ4v) is 8.11. The summed E-state index contributed by atoms with van der Waals surface area (Å²) in [7, 11) is 0. The Morgan fingerprint density at radius 3 is 1.88 bits per heavy atom. The molecule has 1 saturated carbocycles. The highest BCUT2D eigenvalue weighted by atomic mass is 35.5. The molecule has 1 saturated heterocycles. The van der Waals surface area contributed by atoms with Crippen LogP contribution in [0.15, 0.2) is 97.1 Å². The SMILES string of the molecule is CC(C)(C)OC(=O)N1CCC(N2Cc3ccccc3OC[C@@H]2Cc2ccc(Cl)cc2)CC1.Clc1ccc(C[C@H]2COc3ccccc3CN2)cc1.O=C1CCCCC1. The Morgan fingerprint density at radius 1 is 0.741 bits per heavy atom. The van der Waals surface area contributed by atoms with Crippen molar-refractivity contribution in [3.05, 3.63) is 129 Å².